The molecule has 1 atom stereocenters. The number of aromatic nitrogens is 1. The molecule has 5 heteroatoms. The van der Waals surface area contributed by atoms with Gasteiger partial charge in [-0.3, -0.25) is 9.78 Å². The maximum atomic E-state index is 12.7. The third-order valence-electron chi connectivity index (χ3n) is 5.76. The molecule has 1 amide bonds. The van der Waals surface area contributed by atoms with Crippen LogP contribution in [0, 0.1) is 19.8 Å². The maximum absolute atomic E-state index is 12.7. The third kappa shape index (κ3) is 4.53. The molecule has 1 saturated carbocycles. The number of likely N-dealkylation sites (tertiary alicyclic amines) is 1. The van der Waals surface area contributed by atoms with Crippen molar-refractivity contribution in [2.75, 3.05) is 19.6 Å². The molecule has 28 heavy (non-hydrogen) atoms. The predicted octanol–water partition coefficient (Wildman–Crippen LogP) is 3.49. The van der Waals surface area contributed by atoms with Gasteiger partial charge in [-0.05, 0) is 74.9 Å². The van der Waals surface area contributed by atoms with Crippen molar-refractivity contribution in [2.24, 2.45) is 5.92 Å². The number of rotatable bonds is 7. The zero-order valence-electron chi connectivity index (χ0n) is 16.8. The Labute approximate surface area is 167 Å². The van der Waals surface area contributed by atoms with Gasteiger partial charge in [-0.25, -0.2) is 0 Å². The van der Waals surface area contributed by atoms with Gasteiger partial charge in [0.1, 0.15) is 12.4 Å². The molecular formula is C23H29N3O2. The number of nitrogens with one attached hydrogen (secondary N) is 1. The Balaban J connectivity index is 1.33. The largest absolute Gasteiger partial charge is 0.488 e. The van der Waals surface area contributed by atoms with Crippen LogP contribution in [0.15, 0.2) is 36.7 Å². The fourth-order valence-corrected chi connectivity index (χ4v) is 4.09. The van der Waals surface area contributed by atoms with E-state index >= 15 is 0 Å². The third-order valence-corrected chi connectivity index (χ3v) is 5.76. The number of carbonyl (C=O) groups is 1. The van der Waals surface area contributed by atoms with Crippen LogP contribution in [0.1, 0.15) is 46.3 Å². The summed E-state index contributed by atoms with van der Waals surface area (Å²) in [4.78, 5) is 19.3. The maximum Gasteiger partial charge on any atom is 0.251 e. The molecule has 1 aromatic heterocycles. The molecule has 2 fully saturated rings. The van der Waals surface area contributed by atoms with Gasteiger partial charge in [0, 0.05) is 42.7 Å². The average molecular weight is 380 g/mol. The van der Waals surface area contributed by atoms with Crippen molar-refractivity contribution < 1.29 is 9.53 Å². The van der Waals surface area contributed by atoms with Crippen molar-refractivity contribution in [2.45, 2.75) is 45.8 Å². The molecule has 0 spiro atoms. The Morgan fingerprint density at radius 1 is 1.25 bits per heavy atom. The highest BCUT2D eigenvalue weighted by Gasteiger charge is 2.34. The number of carbonyl (C=O) groups excluding carboxylic acids is 1. The molecule has 1 aliphatic heterocycles. The van der Waals surface area contributed by atoms with Gasteiger partial charge in [0.05, 0.1) is 0 Å². The van der Waals surface area contributed by atoms with Crippen LogP contribution in [0.25, 0.3) is 0 Å². The lowest BCUT2D eigenvalue weighted by molar-refractivity contribution is 0.0947. The van der Waals surface area contributed by atoms with Gasteiger partial charge >= 0.3 is 0 Å². The van der Waals surface area contributed by atoms with Crippen molar-refractivity contribution in [1.29, 1.82) is 0 Å². The fourth-order valence-electron chi connectivity index (χ4n) is 4.09. The molecule has 0 bridgehead atoms. The smallest absolute Gasteiger partial charge is 0.251 e. The summed E-state index contributed by atoms with van der Waals surface area (Å²) in [5.74, 6) is 1.43. The highest BCUT2D eigenvalue weighted by atomic mass is 16.5. The molecule has 2 heterocycles. The summed E-state index contributed by atoms with van der Waals surface area (Å²) in [5.41, 5.74) is 3.70. The van der Waals surface area contributed by atoms with Crippen LogP contribution < -0.4 is 10.1 Å². The van der Waals surface area contributed by atoms with Crippen LogP contribution in [0.2, 0.25) is 0 Å². The zero-order chi connectivity index (χ0) is 19.5. The summed E-state index contributed by atoms with van der Waals surface area (Å²) in [6.45, 7) is 7.54. The number of hydrogen-bond donors (Lipinski definition) is 1. The van der Waals surface area contributed by atoms with E-state index in [1.165, 1.54) is 25.8 Å². The van der Waals surface area contributed by atoms with Crippen molar-refractivity contribution in [1.82, 2.24) is 15.2 Å². The molecule has 1 N–H and O–H groups in total. The van der Waals surface area contributed by atoms with E-state index in [0.717, 1.165) is 41.6 Å². The normalized spacial score (nSPS) is 19.6. The van der Waals surface area contributed by atoms with Gasteiger partial charge in [0.25, 0.3) is 5.91 Å². The van der Waals surface area contributed by atoms with Gasteiger partial charge in [0.15, 0.2) is 0 Å². The minimum Gasteiger partial charge on any atom is -0.488 e. The molecule has 1 unspecified atom stereocenters. The monoisotopic (exact) mass is 379 g/mol. The van der Waals surface area contributed by atoms with E-state index in [9.17, 15) is 4.79 Å². The lowest BCUT2D eigenvalue weighted by Crippen LogP contribution is -2.31. The number of pyridine rings is 1. The number of ether oxygens (including phenoxy) is 1. The second kappa shape index (κ2) is 8.31. The molecule has 2 aromatic rings. The minimum absolute atomic E-state index is 0.00915. The topological polar surface area (TPSA) is 54.5 Å². The van der Waals surface area contributed by atoms with Crippen LogP contribution in [0.4, 0.5) is 0 Å². The van der Waals surface area contributed by atoms with Gasteiger partial charge in [-0.2, -0.15) is 0 Å². The van der Waals surface area contributed by atoms with E-state index < -0.39 is 0 Å². The first-order valence-electron chi connectivity index (χ1n) is 10.3. The van der Waals surface area contributed by atoms with E-state index in [4.69, 9.17) is 4.74 Å². The molecule has 2 aliphatic rings. The van der Waals surface area contributed by atoms with E-state index in [-0.39, 0.29) is 5.91 Å². The SMILES string of the molecule is Cc1cc(C(=O)NCC2CCN(C3CC3)C2)cc(C)c1OCc1cccnc1. The highest BCUT2D eigenvalue weighted by Crippen LogP contribution is 2.31. The molecule has 148 valence electrons. The van der Waals surface area contributed by atoms with Crippen molar-refractivity contribution >= 4 is 5.91 Å². The Morgan fingerprint density at radius 3 is 2.71 bits per heavy atom. The molecular weight excluding hydrogens is 350 g/mol. The van der Waals surface area contributed by atoms with Gasteiger partial charge < -0.3 is 15.0 Å². The van der Waals surface area contributed by atoms with Crippen LogP contribution in [0.3, 0.4) is 0 Å². The van der Waals surface area contributed by atoms with Crippen molar-refractivity contribution in [3.8, 4) is 5.75 Å². The first kappa shape index (κ1) is 18.9. The molecule has 5 nitrogen and oxygen atoms in total. The summed E-state index contributed by atoms with van der Waals surface area (Å²) in [6, 6.07) is 8.57. The number of aryl methyl sites for hydroxylation is 2. The van der Waals surface area contributed by atoms with E-state index in [1.54, 1.807) is 12.4 Å². The Bertz CT molecular complexity index is 810. The molecule has 4 rings (SSSR count). The van der Waals surface area contributed by atoms with E-state index in [0.29, 0.717) is 18.1 Å². The van der Waals surface area contributed by atoms with Crippen LogP contribution >= 0.6 is 0 Å². The summed E-state index contributed by atoms with van der Waals surface area (Å²) < 4.78 is 5.99. The summed E-state index contributed by atoms with van der Waals surface area (Å²) in [7, 11) is 0. The Hall–Kier alpha value is -2.40. The molecule has 1 saturated heterocycles. The highest BCUT2D eigenvalue weighted by molar-refractivity contribution is 5.94. The van der Waals surface area contributed by atoms with Gasteiger partial charge in [0.2, 0.25) is 0 Å². The Kier molecular flexibility index (Phi) is 5.62. The minimum atomic E-state index is 0.00915. The van der Waals surface area contributed by atoms with Crippen LogP contribution in [0.5, 0.6) is 5.75 Å². The standard InChI is InChI=1S/C23H29N3O2/c1-16-10-20(11-17(2)22(16)28-15-19-4-3-8-24-12-19)23(27)25-13-18-7-9-26(14-18)21-5-6-21/h3-4,8,10-12,18,21H,5-7,9,13-15H2,1-2H3,(H,25,27). The second-order valence-electron chi connectivity index (χ2n) is 8.18. The molecule has 1 aliphatic carbocycles. The van der Waals surface area contributed by atoms with Crippen LogP contribution in [-0.2, 0) is 6.61 Å². The number of hydrogen-bond acceptors (Lipinski definition) is 4. The average Bonchev–Trinajstić information content (AvgIpc) is 3.44. The Morgan fingerprint density at radius 2 is 2.04 bits per heavy atom. The summed E-state index contributed by atoms with van der Waals surface area (Å²) in [5, 5.41) is 3.14. The van der Waals surface area contributed by atoms with Crippen molar-refractivity contribution in [3.63, 3.8) is 0 Å². The lowest BCUT2D eigenvalue weighted by atomic mass is 10.0. The fraction of sp³-hybridized carbons (Fsp3) is 0.478. The molecule has 1 aromatic carbocycles. The summed E-state index contributed by atoms with van der Waals surface area (Å²) in [6.07, 6.45) is 7.46. The van der Waals surface area contributed by atoms with E-state index in [2.05, 4.69) is 15.2 Å². The zero-order valence-corrected chi connectivity index (χ0v) is 16.8. The number of benzene rings is 1. The van der Waals surface area contributed by atoms with Gasteiger partial charge in [-0.1, -0.05) is 6.07 Å². The van der Waals surface area contributed by atoms with Crippen LogP contribution in [-0.4, -0.2) is 41.5 Å². The predicted molar refractivity (Wildman–Crippen MR) is 110 cm³/mol. The lowest BCUT2D eigenvalue weighted by Gasteiger charge is -2.16. The molecule has 0 radical (unpaired) electrons. The number of nitrogens with zero attached hydrogens (tertiary/aromatic N) is 2. The number of amides is 1. The first-order valence-corrected chi connectivity index (χ1v) is 10.3. The van der Waals surface area contributed by atoms with E-state index in [1.807, 2.05) is 38.1 Å². The first-order chi connectivity index (χ1) is 13.6. The second-order valence-corrected chi connectivity index (χ2v) is 8.18. The summed E-state index contributed by atoms with van der Waals surface area (Å²) >= 11 is 0. The van der Waals surface area contributed by atoms with Crippen molar-refractivity contribution in [3.05, 3.63) is 58.9 Å². The van der Waals surface area contributed by atoms with Gasteiger partial charge in [-0.15, -0.1) is 0 Å². The quantitative estimate of drug-likeness (QED) is 0.800.